The highest BCUT2D eigenvalue weighted by atomic mass is 35.5. The highest BCUT2D eigenvalue weighted by Crippen LogP contribution is 2.18. The van der Waals surface area contributed by atoms with Crippen LogP contribution in [0.5, 0.6) is 0 Å². The van der Waals surface area contributed by atoms with E-state index in [4.69, 9.17) is 10.2 Å². The molecule has 0 saturated heterocycles. The summed E-state index contributed by atoms with van der Waals surface area (Å²) in [5.74, 6) is 0.130. The molecular weight excluding hydrogens is 272 g/mol. The minimum Gasteiger partial charge on any atom is -0.445 e. The maximum atomic E-state index is 11.8. The van der Waals surface area contributed by atoms with E-state index in [1.165, 1.54) is 11.8 Å². The van der Waals surface area contributed by atoms with Crippen LogP contribution in [0.4, 0.5) is 0 Å². The molecule has 1 rings (SSSR count). The van der Waals surface area contributed by atoms with Crippen molar-refractivity contribution >= 4 is 30.1 Å². The van der Waals surface area contributed by atoms with Gasteiger partial charge in [-0.3, -0.25) is 4.79 Å². The molecule has 1 aromatic heterocycles. The van der Waals surface area contributed by atoms with Gasteiger partial charge in [0.05, 0.1) is 0 Å². The van der Waals surface area contributed by atoms with Crippen LogP contribution < -0.4 is 11.1 Å². The number of nitrogens with two attached hydrogens (primary N) is 1. The lowest BCUT2D eigenvalue weighted by atomic mass is 9.94. The Morgan fingerprint density at radius 2 is 2.06 bits per heavy atom. The summed E-state index contributed by atoms with van der Waals surface area (Å²) in [6, 6.07) is 3.46. The second-order valence-electron chi connectivity index (χ2n) is 4.07. The van der Waals surface area contributed by atoms with Crippen LogP contribution in [0.1, 0.15) is 37.2 Å². The summed E-state index contributed by atoms with van der Waals surface area (Å²) in [4.78, 5) is 11.8. The summed E-state index contributed by atoms with van der Waals surface area (Å²) in [5, 5.41) is 3.55. The van der Waals surface area contributed by atoms with E-state index in [0.29, 0.717) is 12.3 Å². The molecule has 6 heteroatoms. The average molecular weight is 293 g/mol. The largest absolute Gasteiger partial charge is 0.445 e. The van der Waals surface area contributed by atoms with Gasteiger partial charge in [-0.15, -0.1) is 12.4 Å². The number of halogens is 1. The molecule has 1 amide bonds. The first-order valence-electron chi connectivity index (χ1n) is 5.75. The maximum absolute atomic E-state index is 11.8. The number of carbonyl (C=O) groups excluding carboxylic acids is 1. The van der Waals surface area contributed by atoms with Gasteiger partial charge in [-0.1, -0.05) is 25.6 Å². The van der Waals surface area contributed by atoms with Crippen LogP contribution in [0.25, 0.3) is 0 Å². The maximum Gasteiger partial charge on any atom is 0.287 e. The number of carbonyl (C=O) groups is 1. The van der Waals surface area contributed by atoms with Crippen molar-refractivity contribution in [3.63, 3.8) is 0 Å². The van der Waals surface area contributed by atoms with Gasteiger partial charge < -0.3 is 15.5 Å². The van der Waals surface area contributed by atoms with Crippen molar-refractivity contribution in [3.05, 3.63) is 17.9 Å². The molecular formula is C12H21ClN2O2S. The molecule has 0 radical (unpaired) electrons. The zero-order chi connectivity index (χ0) is 12.9. The molecule has 4 nitrogen and oxygen atoms in total. The van der Waals surface area contributed by atoms with Crippen molar-refractivity contribution in [2.75, 3.05) is 12.8 Å². The Balaban J connectivity index is 0.00000289. The monoisotopic (exact) mass is 292 g/mol. The molecule has 0 bridgehead atoms. The topological polar surface area (TPSA) is 68.3 Å². The molecule has 1 heterocycles. The van der Waals surface area contributed by atoms with E-state index in [2.05, 4.69) is 5.32 Å². The van der Waals surface area contributed by atoms with Crippen LogP contribution in [-0.2, 0) is 0 Å². The van der Waals surface area contributed by atoms with Crippen molar-refractivity contribution in [2.24, 2.45) is 5.73 Å². The molecule has 104 valence electrons. The smallest absolute Gasteiger partial charge is 0.287 e. The standard InChI is InChI=1S/C12H20N2O2S.ClH/c1-4-12(13,5-2)8-14-11(15)9-6-7-10(16-9)17-3;/h6-7H,4-5,8,13H2,1-3H3,(H,14,15);1H. The summed E-state index contributed by atoms with van der Waals surface area (Å²) >= 11 is 1.47. The van der Waals surface area contributed by atoms with Gasteiger partial charge in [-0.2, -0.15) is 0 Å². The summed E-state index contributed by atoms with van der Waals surface area (Å²) in [6.07, 6.45) is 3.57. The van der Waals surface area contributed by atoms with Gasteiger partial charge in [0.15, 0.2) is 10.9 Å². The molecule has 0 fully saturated rings. The fourth-order valence-corrected chi connectivity index (χ4v) is 1.77. The van der Waals surface area contributed by atoms with Gasteiger partial charge in [-0.05, 0) is 31.2 Å². The van der Waals surface area contributed by atoms with E-state index >= 15 is 0 Å². The number of amides is 1. The molecule has 1 aromatic rings. The lowest BCUT2D eigenvalue weighted by molar-refractivity contribution is 0.0909. The number of hydrogen-bond donors (Lipinski definition) is 2. The second kappa shape index (κ2) is 7.71. The summed E-state index contributed by atoms with van der Waals surface area (Å²) in [6.45, 7) is 4.51. The summed E-state index contributed by atoms with van der Waals surface area (Å²) in [5.41, 5.74) is 5.78. The van der Waals surface area contributed by atoms with Gasteiger partial charge in [0.2, 0.25) is 0 Å². The number of thioether (sulfide) groups is 1. The number of furan rings is 1. The Hall–Kier alpha value is -0.650. The van der Waals surface area contributed by atoms with Gasteiger partial charge in [0.25, 0.3) is 5.91 Å². The SMILES string of the molecule is CCC(N)(CC)CNC(=O)c1ccc(SC)o1.Cl. The minimum atomic E-state index is -0.329. The van der Waals surface area contributed by atoms with Gasteiger partial charge >= 0.3 is 0 Å². The lowest BCUT2D eigenvalue weighted by Crippen LogP contribution is -2.49. The Kier molecular flexibility index (Phi) is 7.43. The third-order valence-corrected chi connectivity index (χ3v) is 3.64. The van der Waals surface area contributed by atoms with Crippen molar-refractivity contribution in [1.82, 2.24) is 5.32 Å². The van der Waals surface area contributed by atoms with Gasteiger partial charge in [0.1, 0.15) is 0 Å². The lowest BCUT2D eigenvalue weighted by Gasteiger charge is -2.26. The number of hydrogen-bond acceptors (Lipinski definition) is 4. The van der Waals surface area contributed by atoms with E-state index < -0.39 is 0 Å². The van der Waals surface area contributed by atoms with Gasteiger partial charge in [-0.25, -0.2) is 0 Å². The average Bonchev–Trinajstić information content (AvgIpc) is 2.84. The fraction of sp³-hybridized carbons (Fsp3) is 0.583. The van der Waals surface area contributed by atoms with Crippen molar-refractivity contribution in [3.8, 4) is 0 Å². The fourth-order valence-electron chi connectivity index (χ4n) is 1.40. The Morgan fingerprint density at radius 3 is 2.50 bits per heavy atom. The second-order valence-corrected chi connectivity index (χ2v) is 4.89. The van der Waals surface area contributed by atoms with Crippen LogP contribution in [0.2, 0.25) is 0 Å². The molecule has 0 spiro atoms. The summed E-state index contributed by atoms with van der Waals surface area (Å²) in [7, 11) is 0. The molecule has 0 aliphatic carbocycles. The molecule has 0 unspecified atom stereocenters. The first-order chi connectivity index (χ1) is 8.04. The molecule has 0 aromatic carbocycles. The zero-order valence-corrected chi connectivity index (χ0v) is 12.6. The minimum absolute atomic E-state index is 0. The normalized spacial score (nSPS) is 10.9. The van der Waals surface area contributed by atoms with Crippen LogP contribution in [0, 0.1) is 0 Å². The van der Waals surface area contributed by atoms with Crippen LogP contribution in [0.3, 0.4) is 0 Å². The van der Waals surface area contributed by atoms with E-state index in [0.717, 1.165) is 17.9 Å². The zero-order valence-electron chi connectivity index (χ0n) is 11.0. The molecule has 0 aliphatic heterocycles. The Morgan fingerprint density at radius 1 is 1.44 bits per heavy atom. The van der Waals surface area contributed by atoms with Crippen LogP contribution >= 0.6 is 24.2 Å². The highest BCUT2D eigenvalue weighted by molar-refractivity contribution is 7.98. The van der Waals surface area contributed by atoms with Crippen molar-refractivity contribution in [1.29, 1.82) is 0 Å². The quantitative estimate of drug-likeness (QED) is 0.791. The van der Waals surface area contributed by atoms with Crippen molar-refractivity contribution in [2.45, 2.75) is 37.3 Å². The molecule has 18 heavy (non-hydrogen) atoms. The first-order valence-corrected chi connectivity index (χ1v) is 6.98. The highest BCUT2D eigenvalue weighted by Gasteiger charge is 2.22. The summed E-state index contributed by atoms with van der Waals surface area (Å²) < 4.78 is 5.34. The molecule has 3 N–H and O–H groups in total. The number of nitrogens with one attached hydrogen (secondary N) is 1. The van der Waals surface area contributed by atoms with Crippen LogP contribution in [0.15, 0.2) is 21.6 Å². The van der Waals surface area contributed by atoms with E-state index in [1.807, 2.05) is 20.1 Å². The Bertz CT molecular complexity index is 378. The van der Waals surface area contributed by atoms with Crippen molar-refractivity contribution < 1.29 is 9.21 Å². The van der Waals surface area contributed by atoms with E-state index in [1.54, 1.807) is 12.1 Å². The Labute approximate surface area is 118 Å². The number of rotatable bonds is 6. The van der Waals surface area contributed by atoms with E-state index in [9.17, 15) is 4.79 Å². The predicted octanol–water partition coefficient (Wildman–Crippen LogP) is 2.67. The first kappa shape index (κ1) is 17.4. The third kappa shape index (κ3) is 4.55. The van der Waals surface area contributed by atoms with Gasteiger partial charge in [0, 0.05) is 12.1 Å². The van der Waals surface area contributed by atoms with E-state index in [-0.39, 0.29) is 23.9 Å². The molecule has 0 atom stereocenters. The van der Waals surface area contributed by atoms with Crippen LogP contribution in [-0.4, -0.2) is 24.2 Å². The third-order valence-electron chi connectivity index (χ3n) is 3.02. The molecule has 0 saturated carbocycles. The predicted molar refractivity (Wildman–Crippen MR) is 77.6 cm³/mol. The molecule has 0 aliphatic rings.